The van der Waals surface area contributed by atoms with E-state index in [-0.39, 0.29) is 33.9 Å². The molecule has 2 aromatic rings. The molecule has 0 unspecified atom stereocenters. The van der Waals surface area contributed by atoms with Gasteiger partial charge < -0.3 is 15.8 Å². The number of nitrogens with one attached hydrogen (secondary N) is 1. The molecule has 0 aromatic heterocycles. The number of nitrogens with two attached hydrogens (primary N) is 1. The topological polar surface area (TPSA) is 64.3 Å². The summed E-state index contributed by atoms with van der Waals surface area (Å²) in [4.78, 5) is 11.8. The fraction of sp³-hybridized carbons (Fsp3) is 0.188. The lowest BCUT2D eigenvalue weighted by Gasteiger charge is -2.09. The maximum absolute atomic E-state index is 13.0. The fourth-order valence-electron chi connectivity index (χ4n) is 1.86. The number of benzene rings is 2. The molecule has 0 radical (unpaired) electrons. The van der Waals surface area contributed by atoms with E-state index in [1.807, 2.05) is 0 Å². The number of halogens is 3. The van der Waals surface area contributed by atoms with Gasteiger partial charge in [-0.1, -0.05) is 29.3 Å². The lowest BCUT2D eigenvalue weighted by Crippen LogP contribution is -2.13. The Kier molecular flexibility index (Phi) is 6.07. The molecule has 0 aliphatic rings. The number of hydrogen-bond acceptors (Lipinski definition) is 3. The second kappa shape index (κ2) is 8.04. The number of anilines is 2. The number of carbonyl (C=O) groups is 1. The van der Waals surface area contributed by atoms with Gasteiger partial charge in [0.15, 0.2) is 0 Å². The molecule has 0 saturated heterocycles. The van der Waals surface area contributed by atoms with E-state index in [0.29, 0.717) is 24.5 Å². The van der Waals surface area contributed by atoms with Gasteiger partial charge in [-0.2, -0.15) is 0 Å². The highest BCUT2D eigenvalue weighted by atomic mass is 35.5. The Morgan fingerprint density at radius 1 is 1.22 bits per heavy atom. The molecule has 0 spiro atoms. The van der Waals surface area contributed by atoms with E-state index in [2.05, 4.69) is 5.32 Å². The normalized spacial score (nSPS) is 10.4. The first-order chi connectivity index (χ1) is 11.0. The minimum atomic E-state index is -0.364. The predicted octanol–water partition coefficient (Wildman–Crippen LogP) is 4.51. The zero-order valence-electron chi connectivity index (χ0n) is 12.1. The SMILES string of the molecule is Nc1c(Cl)cc(NC(=O)CCCOc2cccc(F)c2)cc1Cl. The number of rotatable bonds is 6. The summed E-state index contributed by atoms with van der Waals surface area (Å²) in [6, 6.07) is 8.91. The predicted molar refractivity (Wildman–Crippen MR) is 90.6 cm³/mol. The summed E-state index contributed by atoms with van der Waals surface area (Å²) >= 11 is 11.8. The van der Waals surface area contributed by atoms with Gasteiger partial charge in [-0.25, -0.2) is 4.39 Å². The van der Waals surface area contributed by atoms with Gasteiger partial charge in [0.1, 0.15) is 11.6 Å². The van der Waals surface area contributed by atoms with Gasteiger partial charge in [0, 0.05) is 18.2 Å². The fourth-order valence-corrected chi connectivity index (χ4v) is 2.35. The molecule has 122 valence electrons. The number of nitrogen functional groups attached to an aromatic ring is 1. The van der Waals surface area contributed by atoms with Crippen LogP contribution >= 0.6 is 23.2 Å². The van der Waals surface area contributed by atoms with Gasteiger partial charge in [0.05, 0.1) is 22.3 Å². The molecule has 2 aromatic carbocycles. The zero-order chi connectivity index (χ0) is 16.8. The Labute approximate surface area is 143 Å². The smallest absolute Gasteiger partial charge is 0.224 e. The van der Waals surface area contributed by atoms with Crippen LogP contribution in [0, 0.1) is 5.82 Å². The first kappa shape index (κ1) is 17.4. The van der Waals surface area contributed by atoms with Crippen molar-refractivity contribution in [1.82, 2.24) is 0 Å². The molecule has 23 heavy (non-hydrogen) atoms. The lowest BCUT2D eigenvalue weighted by atomic mass is 10.2. The second-order valence-electron chi connectivity index (χ2n) is 4.81. The van der Waals surface area contributed by atoms with Crippen molar-refractivity contribution in [3.8, 4) is 5.75 Å². The highest BCUT2D eigenvalue weighted by Gasteiger charge is 2.08. The van der Waals surface area contributed by atoms with E-state index in [9.17, 15) is 9.18 Å². The van der Waals surface area contributed by atoms with Crippen molar-refractivity contribution >= 4 is 40.5 Å². The van der Waals surface area contributed by atoms with Crippen LogP contribution in [0.15, 0.2) is 36.4 Å². The molecular formula is C16H15Cl2FN2O2. The summed E-state index contributed by atoms with van der Waals surface area (Å²) < 4.78 is 18.3. The van der Waals surface area contributed by atoms with E-state index < -0.39 is 0 Å². The number of carbonyl (C=O) groups excluding carboxylic acids is 1. The second-order valence-corrected chi connectivity index (χ2v) is 5.63. The monoisotopic (exact) mass is 356 g/mol. The summed E-state index contributed by atoms with van der Waals surface area (Å²) in [7, 11) is 0. The van der Waals surface area contributed by atoms with Crippen LogP contribution in [0.1, 0.15) is 12.8 Å². The number of amides is 1. The minimum absolute atomic E-state index is 0.204. The molecule has 0 bridgehead atoms. The largest absolute Gasteiger partial charge is 0.493 e. The van der Waals surface area contributed by atoms with Crippen LogP contribution in [-0.2, 0) is 4.79 Å². The Bertz CT molecular complexity index is 687. The Morgan fingerprint density at radius 2 is 1.91 bits per heavy atom. The third kappa shape index (κ3) is 5.30. The first-order valence-electron chi connectivity index (χ1n) is 6.88. The molecule has 4 nitrogen and oxygen atoms in total. The molecule has 2 rings (SSSR count). The zero-order valence-corrected chi connectivity index (χ0v) is 13.6. The molecule has 0 saturated carbocycles. The van der Waals surface area contributed by atoms with Crippen LogP contribution in [0.25, 0.3) is 0 Å². The van der Waals surface area contributed by atoms with Crippen LogP contribution in [0.3, 0.4) is 0 Å². The Morgan fingerprint density at radius 3 is 2.57 bits per heavy atom. The molecular weight excluding hydrogens is 342 g/mol. The lowest BCUT2D eigenvalue weighted by molar-refractivity contribution is -0.116. The van der Waals surface area contributed by atoms with E-state index in [1.54, 1.807) is 12.1 Å². The summed E-state index contributed by atoms with van der Waals surface area (Å²) in [5, 5.41) is 3.24. The molecule has 0 atom stereocenters. The van der Waals surface area contributed by atoms with Crippen LogP contribution < -0.4 is 15.8 Å². The standard InChI is InChI=1S/C16H15Cl2FN2O2/c17-13-8-11(9-14(18)16(13)20)21-15(22)5-2-6-23-12-4-1-3-10(19)7-12/h1,3-4,7-9H,2,5-6,20H2,(H,21,22). The van der Waals surface area contributed by atoms with E-state index in [1.165, 1.54) is 24.3 Å². The van der Waals surface area contributed by atoms with Crippen LogP contribution in [0.5, 0.6) is 5.75 Å². The van der Waals surface area contributed by atoms with Crippen molar-refractivity contribution in [3.63, 3.8) is 0 Å². The highest BCUT2D eigenvalue weighted by molar-refractivity contribution is 6.39. The molecule has 1 amide bonds. The van der Waals surface area contributed by atoms with Crippen molar-refractivity contribution < 1.29 is 13.9 Å². The molecule has 0 heterocycles. The summed E-state index contributed by atoms with van der Waals surface area (Å²) in [6.07, 6.45) is 0.730. The Balaban J connectivity index is 1.77. The van der Waals surface area contributed by atoms with Crippen molar-refractivity contribution in [3.05, 3.63) is 52.3 Å². The van der Waals surface area contributed by atoms with Crippen LogP contribution in [-0.4, -0.2) is 12.5 Å². The van der Waals surface area contributed by atoms with Gasteiger partial charge in [0.2, 0.25) is 5.91 Å². The minimum Gasteiger partial charge on any atom is -0.493 e. The van der Waals surface area contributed by atoms with Crippen molar-refractivity contribution in [1.29, 1.82) is 0 Å². The quantitative estimate of drug-likeness (QED) is 0.591. The highest BCUT2D eigenvalue weighted by Crippen LogP contribution is 2.31. The maximum atomic E-state index is 13.0. The molecule has 3 N–H and O–H groups in total. The Hall–Kier alpha value is -1.98. The average Bonchev–Trinajstić information content (AvgIpc) is 2.49. The molecule has 0 aliphatic carbocycles. The van der Waals surface area contributed by atoms with Gasteiger partial charge in [-0.3, -0.25) is 4.79 Å². The van der Waals surface area contributed by atoms with E-state index >= 15 is 0 Å². The third-order valence-corrected chi connectivity index (χ3v) is 3.60. The number of ether oxygens (including phenoxy) is 1. The summed E-state index contributed by atoms with van der Waals surface area (Å²) in [6.45, 7) is 0.306. The van der Waals surface area contributed by atoms with Gasteiger partial charge in [-0.15, -0.1) is 0 Å². The maximum Gasteiger partial charge on any atom is 0.224 e. The van der Waals surface area contributed by atoms with Gasteiger partial charge >= 0.3 is 0 Å². The van der Waals surface area contributed by atoms with Crippen molar-refractivity contribution in [2.45, 2.75) is 12.8 Å². The van der Waals surface area contributed by atoms with E-state index in [0.717, 1.165) is 0 Å². The average molecular weight is 357 g/mol. The summed E-state index contributed by atoms with van der Waals surface area (Å²) in [5.41, 5.74) is 6.38. The van der Waals surface area contributed by atoms with Gasteiger partial charge in [0.25, 0.3) is 0 Å². The van der Waals surface area contributed by atoms with Gasteiger partial charge in [-0.05, 0) is 30.7 Å². The van der Waals surface area contributed by atoms with E-state index in [4.69, 9.17) is 33.7 Å². The third-order valence-electron chi connectivity index (χ3n) is 2.98. The molecule has 0 aliphatic heterocycles. The first-order valence-corrected chi connectivity index (χ1v) is 7.64. The van der Waals surface area contributed by atoms with Crippen molar-refractivity contribution in [2.75, 3.05) is 17.7 Å². The van der Waals surface area contributed by atoms with Crippen LogP contribution in [0.4, 0.5) is 15.8 Å². The molecule has 0 fully saturated rings. The number of hydrogen-bond donors (Lipinski definition) is 2. The summed E-state index contributed by atoms with van der Waals surface area (Å²) in [5.74, 6) is -0.135. The van der Waals surface area contributed by atoms with Crippen molar-refractivity contribution in [2.24, 2.45) is 0 Å². The van der Waals surface area contributed by atoms with Crippen LogP contribution in [0.2, 0.25) is 10.0 Å². The molecule has 7 heteroatoms.